The van der Waals surface area contributed by atoms with Crippen LogP contribution in [0.1, 0.15) is 24.2 Å². The third-order valence-electron chi connectivity index (χ3n) is 6.11. The molecule has 7 heteroatoms. The van der Waals surface area contributed by atoms with Gasteiger partial charge in [0, 0.05) is 24.2 Å². The number of imidazole rings is 1. The van der Waals surface area contributed by atoms with Gasteiger partial charge in [-0.1, -0.05) is 42.5 Å². The zero-order valence-electron chi connectivity index (χ0n) is 19.5. The molecule has 0 N–H and O–H groups in total. The molecule has 35 heavy (non-hydrogen) atoms. The third-order valence-corrected chi connectivity index (χ3v) is 6.11. The van der Waals surface area contributed by atoms with Gasteiger partial charge in [-0.25, -0.2) is 4.79 Å². The van der Waals surface area contributed by atoms with E-state index in [9.17, 15) is 14.4 Å². The van der Waals surface area contributed by atoms with Crippen LogP contribution in [-0.2, 0) is 13.1 Å². The van der Waals surface area contributed by atoms with Crippen LogP contribution in [0.3, 0.4) is 0 Å². The lowest BCUT2D eigenvalue weighted by Gasteiger charge is -2.11. The minimum absolute atomic E-state index is 0.00747. The minimum Gasteiger partial charge on any atom is -0.478 e. The van der Waals surface area contributed by atoms with Crippen molar-refractivity contribution in [2.24, 2.45) is 0 Å². The molecule has 0 spiro atoms. The number of aromatic nitrogens is 2. The van der Waals surface area contributed by atoms with Crippen LogP contribution in [-0.4, -0.2) is 21.5 Å². The zero-order valence-corrected chi connectivity index (χ0v) is 19.5. The highest BCUT2D eigenvalue weighted by atomic mass is 16.5. The monoisotopic (exact) mass is 468 g/mol. The van der Waals surface area contributed by atoms with Crippen LogP contribution in [0.4, 0.5) is 0 Å². The highest BCUT2D eigenvalue weighted by Gasteiger charge is 2.20. The quantitative estimate of drug-likeness (QED) is 0.318. The van der Waals surface area contributed by atoms with E-state index in [0.717, 1.165) is 5.52 Å². The normalized spacial score (nSPS) is 11.3. The number of fused-ring (bicyclic) bond motifs is 2. The van der Waals surface area contributed by atoms with Gasteiger partial charge in [-0.05, 0) is 44.2 Å². The van der Waals surface area contributed by atoms with Crippen LogP contribution >= 0.6 is 0 Å². The lowest BCUT2D eigenvalue weighted by atomic mass is 10.1. The summed E-state index contributed by atoms with van der Waals surface area (Å²) < 4.78 is 15.2. The Hall–Kier alpha value is -4.39. The molecular formula is C28H24N2O5. The van der Waals surface area contributed by atoms with E-state index < -0.39 is 0 Å². The molecule has 7 nitrogen and oxygen atoms in total. The summed E-state index contributed by atoms with van der Waals surface area (Å²) in [5, 5.41) is 0.379. The molecule has 2 aromatic heterocycles. The van der Waals surface area contributed by atoms with E-state index in [4.69, 9.17) is 9.15 Å². The van der Waals surface area contributed by atoms with Gasteiger partial charge in [0.25, 0.3) is 0 Å². The fourth-order valence-electron chi connectivity index (χ4n) is 4.36. The van der Waals surface area contributed by atoms with Gasteiger partial charge in [0.05, 0.1) is 16.4 Å². The molecule has 0 unspecified atom stereocenters. The van der Waals surface area contributed by atoms with Gasteiger partial charge in [-0.15, -0.1) is 0 Å². The summed E-state index contributed by atoms with van der Waals surface area (Å²) >= 11 is 0. The first-order chi connectivity index (χ1) is 17.0. The van der Waals surface area contributed by atoms with Crippen LogP contribution in [0, 0.1) is 0 Å². The molecule has 0 saturated heterocycles. The summed E-state index contributed by atoms with van der Waals surface area (Å²) in [5.74, 6) is -0.0397. The molecular weight excluding hydrogens is 444 g/mol. The topological polar surface area (TPSA) is 83.4 Å². The Morgan fingerprint density at radius 2 is 1.54 bits per heavy atom. The van der Waals surface area contributed by atoms with Crippen molar-refractivity contribution < 1.29 is 13.9 Å². The number of carbonyl (C=O) groups is 1. The van der Waals surface area contributed by atoms with Crippen molar-refractivity contribution in [2.75, 3.05) is 6.61 Å². The van der Waals surface area contributed by atoms with Gasteiger partial charge in [-0.2, -0.15) is 0 Å². The van der Waals surface area contributed by atoms with E-state index in [1.807, 2.05) is 44.2 Å². The van der Waals surface area contributed by atoms with Gasteiger partial charge in [-0.3, -0.25) is 18.7 Å². The second-order valence-electron chi connectivity index (χ2n) is 8.14. The van der Waals surface area contributed by atoms with Crippen molar-refractivity contribution in [1.29, 1.82) is 0 Å². The van der Waals surface area contributed by atoms with Crippen molar-refractivity contribution in [2.45, 2.75) is 26.9 Å². The molecule has 176 valence electrons. The number of carbonyl (C=O) groups excluding carboxylic acids is 1. The molecule has 2 heterocycles. The molecule has 0 aliphatic rings. The second-order valence-corrected chi connectivity index (χ2v) is 8.14. The van der Waals surface area contributed by atoms with Crippen LogP contribution in [0.2, 0.25) is 0 Å². The largest absolute Gasteiger partial charge is 0.478 e. The van der Waals surface area contributed by atoms with Crippen molar-refractivity contribution in [1.82, 2.24) is 9.13 Å². The van der Waals surface area contributed by atoms with Crippen molar-refractivity contribution in [3.63, 3.8) is 0 Å². The van der Waals surface area contributed by atoms with Crippen LogP contribution in [0.25, 0.3) is 33.3 Å². The third kappa shape index (κ3) is 3.85. The first kappa shape index (κ1) is 22.4. The second kappa shape index (κ2) is 9.10. The van der Waals surface area contributed by atoms with Crippen molar-refractivity contribution in [3.8, 4) is 17.1 Å². The summed E-state index contributed by atoms with van der Waals surface area (Å²) in [6.07, 6.45) is 0. The van der Waals surface area contributed by atoms with Gasteiger partial charge < -0.3 is 9.15 Å². The average molecular weight is 469 g/mol. The van der Waals surface area contributed by atoms with E-state index in [2.05, 4.69) is 0 Å². The molecule has 0 bridgehead atoms. The van der Waals surface area contributed by atoms with E-state index in [1.165, 1.54) is 0 Å². The number of rotatable bonds is 7. The SMILES string of the molecule is CCn1c(=O)n(CC)c2cc(C(=O)COc3c(-c4ccccc4)oc4ccccc4c3=O)ccc21. The number of Topliss-reactive ketones (excluding diaryl/α,β-unsaturated/α-hetero) is 1. The Bertz CT molecular complexity index is 1680. The number of benzene rings is 3. The molecule has 5 rings (SSSR count). The maximum Gasteiger partial charge on any atom is 0.329 e. The molecule has 0 aliphatic heterocycles. The summed E-state index contributed by atoms with van der Waals surface area (Å²) in [6, 6.07) is 21.3. The standard InChI is InChI=1S/C28H24N2O5/c1-3-29-21-15-14-19(16-22(21)30(4-2)28(29)33)23(31)17-34-27-25(32)20-12-8-9-13-24(20)35-26(27)18-10-6-5-7-11-18/h5-16H,3-4,17H2,1-2H3. The summed E-state index contributed by atoms with van der Waals surface area (Å²) in [5.41, 5.74) is 2.55. The summed E-state index contributed by atoms with van der Waals surface area (Å²) in [7, 11) is 0. The maximum atomic E-state index is 13.3. The lowest BCUT2D eigenvalue weighted by molar-refractivity contribution is 0.0920. The predicted molar refractivity (Wildman–Crippen MR) is 135 cm³/mol. The molecule has 0 aliphatic carbocycles. The number of ketones is 1. The van der Waals surface area contributed by atoms with E-state index >= 15 is 0 Å². The fraction of sp³-hybridized carbons (Fsp3) is 0.179. The smallest absolute Gasteiger partial charge is 0.329 e. The lowest BCUT2D eigenvalue weighted by Crippen LogP contribution is -2.23. The number of aryl methyl sites for hydroxylation is 2. The Kier molecular flexibility index (Phi) is 5.82. The Morgan fingerprint density at radius 1 is 0.857 bits per heavy atom. The highest BCUT2D eigenvalue weighted by Crippen LogP contribution is 2.30. The molecule has 3 aromatic carbocycles. The fourth-order valence-corrected chi connectivity index (χ4v) is 4.36. The van der Waals surface area contributed by atoms with E-state index in [1.54, 1.807) is 51.6 Å². The molecule has 0 saturated carbocycles. The molecule has 0 radical (unpaired) electrons. The minimum atomic E-state index is -0.348. The van der Waals surface area contributed by atoms with Crippen LogP contribution < -0.4 is 15.9 Å². The van der Waals surface area contributed by atoms with E-state index in [-0.39, 0.29) is 35.0 Å². The predicted octanol–water partition coefficient (Wildman–Crippen LogP) is 4.88. The highest BCUT2D eigenvalue weighted by molar-refractivity contribution is 6.00. The van der Waals surface area contributed by atoms with Gasteiger partial charge in [0.2, 0.25) is 11.2 Å². The first-order valence-corrected chi connectivity index (χ1v) is 11.5. The molecule has 0 atom stereocenters. The van der Waals surface area contributed by atoms with Gasteiger partial charge in [0.15, 0.2) is 18.2 Å². The molecule has 5 aromatic rings. The first-order valence-electron chi connectivity index (χ1n) is 11.5. The van der Waals surface area contributed by atoms with Gasteiger partial charge in [0.1, 0.15) is 5.58 Å². The number of ether oxygens (including phenoxy) is 1. The number of nitrogens with zero attached hydrogens (tertiary/aromatic N) is 2. The maximum absolute atomic E-state index is 13.3. The summed E-state index contributed by atoms with van der Waals surface area (Å²) in [6.45, 7) is 4.49. The average Bonchev–Trinajstić information content (AvgIpc) is 3.17. The number of hydrogen-bond acceptors (Lipinski definition) is 5. The Labute approximate surface area is 200 Å². The Morgan fingerprint density at radius 3 is 2.29 bits per heavy atom. The van der Waals surface area contributed by atoms with E-state index in [0.29, 0.717) is 40.7 Å². The number of hydrogen-bond donors (Lipinski definition) is 0. The van der Waals surface area contributed by atoms with Crippen LogP contribution in [0.15, 0.2) is 86.8 Å². The zero-order chi connectivity index (χ0) is 24.5. The van der Waals surface area contributed by atoms with Gasteiger partial charge >= 0.3 is 5.69 Å². The molecule has 0 fully saturated rings. The number of para-hydroxylation sites is 1. The van der Waals surface area contributed by atoms with Crippen LogP contribution in [0.5, 0.6) is 5.75 Å². The van der Waals surface area contributed by atoms with Crippen molar-refractivity contribution in [3.05, 3.63) is 99.1 Å². The molecule has 0 amide bonds. The summed E-state index contributed by atoms with van der Waals surface area (Å²) in [4.78, 5) is 39.0. The Balaban J connectivity index is 1.52. The van der Waals surface area contributed by atoms with Crippen molar-refractivity contribution >= 4 is 27.8 Å².